The van der Waals surface area contributed by atoms with Gasteiger partial charge in [0, 0.05) is 6.54 Å². The Kier molecular flexibility index (Phi) is 5.81. The number of nitrogens with zero attached hydrogens (tertiary/aromatic N) is 1. The van der Waals surface area contributed by atoms with Crippen LogP contribution in [0.3, 0.4) is 0 Å². The van der Waals surface area contributed by atoms with Gasteiger partial charge in [0.2, 0.25) is 11.2 Å². The number of hydrogen-bond acceptors (Lipinski definition) is 8. The van der Waals surface area contributed by atoms with Crippen molar-refractivity contribution in [3.05, 3.63) is 87.7 Å². The van der Waals surface area contributed by atoms with E-state index in [1.54, 1.807) is 56.5 Å². The Hall–Kier alpha value is -4.04. The van der Waals surface area contributed by atoms with Gasteiger partial charge in [-0.2, -0.15) is 0 Å². The second-order valence-corrected chi connectivity index (χ2v) is 7.92. The second-order valence-electron chi connectivity index (χ2n) is 7.92. The van der Waals surface area contributed by atoms with E-state index in [1.165, 1.54) is 0 Å². The quantitative estimate of drug-likeness (QED) is 0.370. The number of fused-ring (bicyclic) bond motifs is 3. The molecule has 0 N–H and O–H groups in total. The Morgan fingerprint density at radius 2 is 1.94 bits per heavy atom. The first-order valence-electron chi connectivity index (χ1n) is 11.0. The van der Waals surface area contributed by atoms with Crippen LogP contribution in [0.15, 0.2) is 68.4 Å². The van der Waals surface area contributed by atoms with Gasteiger partial charge >= 0.3 is 5.97 Å². The van der Waals surface area contributed by atoms with Gasteiger partial charge in [0.15, 0.2) is 0 Å². The molecular formula is C26H23NO7. The molecule has 0 amide bonds. The van der Waals surface area contributed by atoms with E-state index in [9.17, 15) is 9.59 Å². The van der Waals surface area contributed by atoms with E-state index < -0.39 is 5.97 Å². The highest BCUT2D eigenvalue weighted by Crippen LogP contribution is 2.34. The van der Waals surface area contributed by atoms with Gasteiger partial charge in [0.25, 0.3) is 0 Å². The fraction of sp³-hybridized carbons (Fsp3) is 0.231. The van der Waals surface area contributed by atoms with Crippen LogP contribution >= 0.6 is 0 Å². The number of carbonyl (C=O) groups is 1. The number of carbonyl (C=O) groups excluding carboxylic acids is 1. The number of aryl methyl sites for hydroxylation is 1. The lowest BCUT2D eigenvalue weighted by atomic mass is 10.1. The molecule has 0 saturated carbocycles. The largest absolute Gasteiger partial charge is 0.478 e. The molecule has 8 nitrogen and oxygen atoms in total. The van der Waals surface area contributed by atoms with Gasteiger partial charge in [-0.3, -0.25) is 9.69 Å². The van der Waals surface area contributed by atoms with Crippen molar-refractivity contribution in [3.8, 4) is 17.2 Å². The minimum absolute atomic E-state index is 0.0977. The summed E-state index contributed by atoms with van der Waals surface area (Å²) in [4.78, 5) is 27.2. The number of ether oxygens (including phenoxy) is 3. The smallest absolute Gasteiger partial charge is 0.338 e. The lowest BCUT2D eigenvalue weighted by Crippen LogP contribution is -2.31. The molecule has 0 fully saturated rings. The van der Waals surface area contributed by atoms with Gasteiger partial charge in [-0.15, -0.1) is 0 Å². The summed E-state index contributed by atoms with van der Waals surface area (Å²) in [6.07, 6.45) is 1.64. The van der Waals surface area contributed by atoms with Crippen LogP contribution in [0.25, 0.3) is 11.0 Å². The van der Waals surface area contributed by atoms with Crippen molar-refractivity contribution in [2.24, 2.45) is 0 Å². The zero-order valence-corrected chi connectivity index (χ0v) is 18.8. The standard InChI is InChI=1S/C26H23NO7/c1-3-30-26(29)17-6-8-18(9-7-17)34-24-16(2)33-25-20(23(24)28)10-11-22-21(25)14-27(15-32-22)13-19-5-4-12-31-19/h4-12H,3,13-15H2,1-2H3. The number of hydrogen-bond donors (Lipinski definition) is 0. The van der Waals surface area contributed by atoms with Crippen LogP contribution in [0.1, 0.15) is 34.4 Å². The normalized spacial score (nSPS) is 13.4. The molecule has 174 valence electrons. The number of rotatable bonds is 6. The third-order valence-corrected chi connectivity index (χ3v) is 5.57. The molecule has 1 aliphatic heterocycles. The summed E-state index contributed by atoms with van der Waals surface area (Å²) in [6.45, 7) is 5.26. The summed E-state index contributed by atoms with van der Waals surface area (Å²) in [7, 11) is 0. The number of esters is 1. The highest BCUT2D eigenvalue weighted by molar-refractivity contribution is 5.89. The maximum atomic E-state index is 13.3. The minimum atomic E-state index is -0.413. The number of furan rings is 1. The minimum Gasteiger partial charge on any atom is -0.478 e. The molecule has 0 atom stereocenters. The molecule has 0 bridgehead atoms. The van der Waals surface area contributed by atoms with Crippen molar-refractivity contribution in [2.45, 2.75) is 26.9 Å². The predicted molar refractivity (Wildman–Crippen MR) is 123 cm³/mol. The van der Waals surface area contributed by atoms with Gasteiger partial charge in [-0.05, 0) is 62.4 Å². The van der Waals surface area contributed by atoms with Crippen LogP contribution in [0, 0.1) is 6.92 Å². The van der Waals surface area contributed by atoms with Crippen LogP contribution < -0.4 is 14.9 Å². The summed E-state index contributed by atoms with van der Waals surface area (Å²) in [6, 6.07) is 13.6. The van der Waals surface area contributed by atoms with E-state index >= 15 is 0 Å². The van der Waals surface area contributed by atoms with Gasteiger partial charge in [0.1, 0.15) is 35.3 Å². The molecule has 2 aromatic carbocycles. The van der Waals surface area contributed by atoms with Gasteiger partial charge in [-0.25, -0.2) is 4.79 Å². The van der Waals surface area contributed by atoms with Crippen LogP contribution in [0.5, 0.6) is 17.2 Å². The molecule has 1 aliphatic rings. The van der Waals surface area contributed by atoms with E-state index in [1.807, 2.05) is 12.1 Å². The Balaban J connectivity index is 1.44. The molecule has 0 spiro atoms. The molecule has 0 unspecified atom stereocenters. The van der Waals surface area contributed by atoms with Gasteiger partial charge in [-0.1, -0.05) is 0 Å². The zero-order chi connectivity index (χ0) is 23.7. The van der Waals surface area contributed by atoms with Crippen LogP contribution in [0.2, 0.25) is 0 Å². The zero-order valence-electron chi connectivity index (χ0n) is 18.8. The molecule has 2 aromatic heterocycles. The van der Waals surface area contributed by atoms with E-state index in [-0.39, 0.29) is 11.2 Å². The lowest BCUT2D eigenvalue weighted by molar-refractivity contribution is 0.0526. The first-order chi connectivity index (χ1) is 16.5. The lowest BCUT2D eigenvalue weighted by Gasteiger charge is -2.28. The SMILES string of the molecule is CCOC(=O)c1ccc(Oc2c(C)oc3c4c(ccc3c2=O)OCN(Cc2ccco2)C4)cc1. The third-order valence-electron chi connectivity index (χ3n) is 5.57. The maximum absolute atomic E-state index is 13.3. The molecule has 0 saturated heterocycles. The van der Waals surface area contributed by atoms with E-state index in [0.29, 0.717) is 60.2 Å². The Labute approximate surface area is 195 Å². The van der Waals surface area contributed by atoms with Crippen LogP contribution in [-0.4, -0.2) is 24.2 Å². The van der Waals surface area contributed by atoms with E-state index in [2.05, 4.69) is 4.90 Å². The summed E-state index contributed by atoms with van der Waals surface area (Å²) in [5.74, 6) is 1.96. The highest BCUT2D eigenvalue weighted by Gasteiger charge is 2.24. The third kappa shape index (κ3) is 4.15. The van der Waals surface area contributed by atoms with Crippen molar-refractivity contribution >= 4 is 16.9 Å². The molecule has 5 rings (SSSR count). The first-order valence-corrected chi connectivity index (χ1v) is 11.0. The van der Waals surface area contributed by atoms with Crippen molar-refractivity contribution in [2.75, 3.05) is 13.3 Å². The fourth-order valence-corrected chi connectivity index (χ4v) is 3.94. The monoisotopic (exact) mass is 461 g/mol. The van der Waals surface area contributed by atoms with Crippen molar-refractivity contribution in [3.63, 3.8) is 0 Å². The van der Waals surface area contributed by atoms with Crippen LogP contribution in [0.4, 0.5) is 0 Å². The molecule has 0 radical (unpaired) electrons. The Morgan fingerprint density at radius 1 is 1.12 bits per heavy atom. The van der Waals surface area contributed by atoms with Gasteiger partial charge < -0.3 is 23.0 Å². The highest BCUT2D eigenvalue weighted by atomic mass is 16.5. The fourth-order valence-electron chi connectivity index (χ4n) is 3.94. The summed E-state index contributed by atoms with van der Waals surface area (Å²) >= 11 is 0. The Morgan fingerprint density at radius 3 is 2.68 bits per heavy atom. The summed E-state index contributed by atoms with van der Waals surface area (Å²) < 4.78 is 28.3. The maximum Gasteiger partial charge on any atom is 0.338 e. The second kappa shape index (κ2) is 9.07. The average Bonchev–Trinajstić information content (AvgIpc) is 3.35. The van der Waals surface area contributed by atoms with E-state index in [0.717, 1.165) is 11.3 Å². The molecule has 34 heavy (non-hydrogen) atoms. The van der Waals surface area contributed by atoms with E-state index in [4.69, 9.17) is 23.0 Å². The average molecular weight is 461 g/mol. The van der Waals surface area contributed by atoms with Gasteiger partial charge in [0.05, 0.1) is 35.9 Å². The Bertz CT molecular complexity index is 1390. The predicted octanol–water partition coefficient (Wildman–Crippen LogP) is 5.02. The summed E-state index contributed by atoms with van der Waals surface area (Å²) in [5, 5.41) is 0.408. The molecular weight excluding hydrogens is 438 g/mol. The van der Waals surface area contributed by atoms with Crippen molar-refractivity contribution in [1.82, 2.24) is 4.90 Å². The van der Waals surface area contributed by atoms with Crippen LogP contribution in [-0.2, 0) is 17.8 Å². The molecule has 3 heterocycles. The van der Waals surface area contributed by atoms with Crippen molar-refractivity contribution < 1.29 is 27.8 Å². The number of benzene rings is 2. The first kappa shape index (κ1) is 21.8. The summed E-state index contributed by atoms with van der Waals surface area (Å²) in [5.41, 5.74) is 1.41. The topological polar surface area (TPSA) is 91.4 Å². The molecule has 4 aromatic rings. The molecule has 0 aliphatic carbocycles. The van der Waals surface area contributed by atoms with Crippen molar-refractivity contribution in [1.29, 1.82) is 0 Å². The molecule has 8 heteroatoms.